The van der Waals surface area contributed by atoms with Crippen molar-refractivity contribution in [1.29, 1.82) is 0 Å². The highest BCUT2D eigenvalue weighted by Crippen LogP contribution is 2.36. The minimum absolute atomic E-state index is 0.0432. The van der Waals surface area contributed by atoms with Crippen LogP contribution >= 0.6 is 34.4 Å². The van der Waals surface area contributed by atoms with Crippen molar-refractivity contribution < 1.29 is 9.21 Å². The summed E-state index contributed by atoms with van der Waals surface area (Å²) in [6.07, 6.45) is 4.62. The van der Waals surface area contributed by atoms with Crippen LogP contribution in [0.1, 0.15) is 47.4 Å². The lowest BCUT2D eigenvalue weighted by Crippen LogP contribution is -2.29. The summed E-state index contributed by atoms with van der Waals surface area (Å²) in [5.41, 5.74) is 1.12. The van der Waals surface area contributed by atoms with E-state index in [4.69, 9.17) is 9.40 Å². The largest absolute Gasteiger partial charge is 0.467 e. The first-order valence-corrected chi connectivity index (χ1v) is 13.7. The molecule has 0 saturated carbocycles. The normalized spacial score (nSPS) is 16.6. The molecule has 0 fully saturated rings. The predicted molar refractivity (Wildman–Crippen MR) is 134 cm³/mol. The van der Waals surface area contributed by atoms with Gasteiger partial charge in [0.25, 0.3) is 5.56 Å². The Morgan fingerprint density at radius 3 is 3.03 bits per heavy atom. The summed E-state index contributed by atoms with van der Waals surface area (Å²) < 4.78 is 7.17. The average molecular weight is 500 g/mol. The van der Waals surface area contributed by atoms with Crippen LogP contribution in [0.5, 0.6) is 0 Å². The number of aryl methyl sites for hydroxylation is 1. The first kappa shape index (κ1) is 22.4. The van der Waals surface area contributed by atoms with Gasteiger partial charge in [0.1, 0.15) is 10.6 Å². The maximum absolute atomic E-state index is 13.6. The number of carbonyl (C=O) groups is 1. The van der Waals surface area contributed by atoms with Gasteiger partial charge in [-0.1, -0.05) is 24.8 Å². The van der Waals surface area contributed by atoms with Crippen LogP contribution in [0.3, 0.4) is 0 Å². The molecule has 0 radical (unpaired) electrons. The molecule has 2 atom stereocenters. The summed E-state index contributed by atoms with van der Waals surface area (Å²) in [4.78, 5) is 34.3. The number of nitrogens with one attached hydrogen (secondary N) is 1. The molecule has 1 amide bonds. The molecule has 1 aliphatic carbocycles. The van der Waals surface area contributed by atoms with E-state index in [1.807, 2.05) is 36.6 Å². The Hall–Kier alpha value is -2.36. The SMILES string of the molecule is CC1CCc2c(sc3nc(SCC(=O)NC(C)c4cccs4)n(Cc4ccco4)c(=O)c23)C1. The second-order valence-electron chi connectivity index (χ2n) is 8.49. The first-order chi connectivity index (χ1) is 16.0. The molecule has 1 aliphatic rings. The van der Waals surface area contributed by atoms with Crippen molar-refractivity contribution in [3.05, 3.63) is 67.3 Å². The number of thioether (sulfide) groups is 1. The molecule has 6 nitrogen and oxygen atoms in total. The van der Waals surface area contributed by atoms with Crippen LogP contribution in [-0.2, 0) is 24.2 Å². The van der Waals surface area contributed by atoms with E-state index in [1.165, 1.54) is 16.6 Å². The molecular formula is C24H25N3O3S3. The summed E-state index contributed by atoms with van der Waals surface area (Å²) in [6.45, 7) is 4.53. The Morgan fingerprint density at radius 1 is 1.39 bits per heavy atom. The van der Waals surface area contributed by atoms with Crippen molar-refractivity contribution in [2.24, 2.45) is 5.92 Å². The fraction of sp³-hybridized carbons (Fsp3) is 0.375. The van der Waals surface area contributed by atoms with E-state index in [-0.39, 0.29) is 23.3 Å². The molecular weight excluding hydrogens is 474 g/mol. The van der Waals surface area contributed by atoms with E-state index in [0.29, 0.717) is 23.4 Å². The van der Waals surface area contributed by atoms with Crippen LogP contribution in [0.4, 0.5) is 0 Å². The number of aromatic nitrogens is 2. The molecule has 5 rings (SSSR count). The Kier molecular flexibility index (Phi) is 6.44. The number of fused-ring (bicyclic) bond motifs is 3. The molecule has 1 N–H and O–H groups in total. The minimum Gasteiger partial charge on any atom is -0.467 e. The van der Waals surface area contributed by atoms with E-state index in [9.17, 15) is 9.59 Å². The summed E-state index contributed by atoms with van der Waals surface area (Å²) in [6, 6.07) is 7.60. The third kappa shape index (κ3) is 4.67. The molecule has 4 aromatic rings. The maximum Gasteiger partial charge on any atom is 0.263 e. The topological polar surface area (TPSA) is 77.1 Å². The third-order valence-corrected chi connectivity index (χ3v) is 9.13. The number of carbonyl (C=O) groups excluding carboxylic acids is 1. The highest BCUT2D eigenvalue weighted by atomic mass is 32.2. The van der Waals surface area contributed by atoms with E-state index in [2.05, 4.69) is 12.2 Å². The van der Waals surface area contributed by atoms with Gasteiger partial charge >= 0.3 is 0 Å². The molecule has 0 aliphatic heterocycles. The van der Waals surface area contributed by atoms with Gasteiger partial charge in [0, 0.05) is 9.75 Å². The van der Waals surface area contributed by atoms with Crippen LogP contribution in [0.2, 0.25) is 0 Å². The highest BCUT2D eigenvalue weighted by Gasteiger charge is 2.25. The van der Waals surface area contributed by atoms with Crippen molar-refractivity contribution in [1.82, 2.24) is 14.9 Å². The number of thiophene rings is 2. The van der Waals surface area contributed by atoms with Gasteiger partial charge in [-0.3, -0.25) is 14.2 Å². The number of amides is 1. The first-order valence-electron chi connectivity index (χ1n) is 11.0. The molecule has 4 aromatic heterocycles. The predicted octanol–water partition coefficient (Wildman–Crippen LogP) is 5.26. The summed E-state index contributed by atoms with van der Waals surface area (Å²) in [5, 5.41) is 6.33. The fourth-order valence-electron chi connectivity index (χ4n) is 4.23. The van der Waals surface area contributed by atoms with Gasteiger partial charge in [-0.2, -0.15) is 0 Å². The van der Waals surface area contributed by atoms with Crippen LogP contribution in [-0.4, -0.2) is 21.2 Å². The van der Waals surface area contributed by atoms with Gasteiger partial charge in [0.2, 0.25) is 5.91 Å². The molecule has 2 unspecified atom stereocenters. The summed E-state index contributed by atoms with van der Waals surface area (Å²) in [5.74, 6) is 1.42. The zero-order valence-electron chi connectivity index (χ0n) is 18.5. The number of rotatable bonds is 7. The lowest BCUT2D eigenvalue weighted by atomic mass is 9.89. The van der Waals surface area contributed by atoms with E-state index < -0.39 is 0 Å². The lowest BCUT2D eigenvalue weighted by molar-refractivity contribution is -0.119. The molecule has 0 aromatic carbocycles. The number of hydrogen-bond acceptors (Lipinski definition) is 7. The zero-order valence-corrected chi connectivity index (χ0v) is 20.9. The number of nitrogens with zero attached hydrogens (tertiary/aromatic N) is 2. The quantitative estimate of drug-likeness (QED) is 0.277. The molecule has 0 saturated heterocycles. The molecule has 33 heavy (non-hydrogen) atoms. The van der Waals surface area contributed by atoms with E-state index in [0.717, 1.165) is 39.9 Å². The van der Waals surface area contributed by atoms with Gasteiger partial charge in [-0.05, 0) is 61.2 Å². The summed E-state index contributed by atoms with van der Waals surface area (Å²) >= 11 is 4.55. The van der Waals surface area contributed by atoms with Crippen molar-refractivity contribution in [3.8, 4) is 0 Å². The minimum atomic E-state index is -0.0842. The van der Waals surface area contributed by atoms with Crippen molar-refractivity contribution in [2.75, 3.05) is 5.75 Å². The summed E-state index contributed by atoms with van der Waals surface area (Å²) in [7, 11) is 0. The smallest absolute Gasteiger partial charge is 0.263 e. The Bertz CT molecular complexity index is 1320. The second-order valence-corrected chi connectivity index (χ2v) is 11.5. The number of furan rings is 1. The third-order valence-electron chi connectivity index (χ3n) is 5.95. The van der Waals surface area contributed by atoms with Gasteiger partial charge in [0.05, 0.1) is 30.0 Å². The zero-order chi connectivity index (χ0) is 22.9. The molecule has 0 bridgehead atoms. The van der Waals surface area contributed by atoms with Crippen molar-refractivity contribution >= 4 is 50.6 Å². The number of hydrogen-bond donors (Lipinski definition) is 1. The molecule has 4 heterocycles. The Labute approximate surface area is 204 Å². The van der Waals surface area contributed by atoms with Crippen molar-refractivity contribution in [3.63, 3.8) is 0 Å². The monoisotopic (exact) mass is 499 g/mol. The average Bonchev–Trinajstić information content (AvgIpc) is 3.55. The van der Waals surface area contributed by atoms with Crippen LogP contribution in [0.15, 0.2) is 50.3 Å². The van der Waals surface area contributed by atoms with Crippen LogP contribution < -0.4 is 10.9 Å². The Morgan fingerprint density at radius 2 is 2.27 bits per heavy atom. The van der Waals surface area contributed by atoms with Crippen LogP contribution in [0, 0.1) is 5.92 Å². The Balaban J connectivity index is 1.45. The standard InChI is InChI=1S/C24H25N3O3S3/c1-14-7-8-17-19(11-14)33-22-21(17)23(29)27(12-16-5-3-9-30-16)24(26-22)32-13-20(28)25-15(2)18-6-4-10-31-18/h3-6,9-10,14-15H,7-8,11-13H2,1-2H3,(H,25,28). The van der Waals surface area contributed by atoms with Gasteiger partial charge in [-0.15, -0.1) is 22.7 Å². The van der Waals surface area contributed by atoms with E-state index >= 15 is 0 Å². The molecule has 9 heteroatoms. The van der Waals surface area contributed by atoms with Crippen molar-refractivity contribution in [2.45, 2.75) is 50.9 Å². The van der Waals surface area contributed by atoms with Crippen LogP contribution in [0.25, 0.3) is 10.2 Å². The van der Waals surface area contributed by atoms with Gasteiger partial charge in [-0.25, -0.2) is 4.98 Å². The second kappa shape index (κ2) is 9.48. The molecule has 172 valence electrons. The van der Waals surface area contributed by atoms with Gasteiger partial charge < -0.3 is 9.73 Å². The fourth-order valence-corrected chi connectivity index (χ4v) is 7.20. The lowest BCUT2D eigenvalue weighted by Gasteiger charge is -2.17. The molecule has 0 spiro atoms. The highest BCUT2D eigenvalue weighted by molar-refractivity contribution is 7.99. The van der Waals surface area contributed by atoms with Gasteiger partial charge in [0.15, 0.2) is 5.16 Å². The maximum atomic E-state index is 13.6. The van der Waals surface area contributed by atoms with E-state index in [1.54, 1.807) is 33.5 Å².